The van der Waals surface area contributed by atoms with Gasteiger partial charge in [0, 0.05) is 0 Å². The highest BCUT2D eigenvalue weighted by Crippen LogP contribution is 2.21. The molecule has 0 saturated heterocycles. The third-order valence-electron chi connectivity index (χ3n) is 3.18. The summed E-state index contributed by atoms with van der Waals surface area (Å²) in [5.74, 6) is -1.65. The van der Waals surface area contributed by atoms with Gasteiger partial charge in [0.2, 0.25) is 0 Å². The minimum absolute atomic E-state index is 0.0614. The van der Waals surface area contributed by atoms with Gasteiger partial charge in [-0.05, 0) is 31.5 Å². The highest BCUT2D eigenvalue weighted by molar-refractivity contribution is 6.01. The van der Waals surface area contributed by atoms with Crippen molar-refractivity contribution in [2.75, 3.05) is 11.9 Å². The summed E-state index contributed by atoms with van der Waals surface area (Å²) in [6, 6.07) is 8.99. The Labute approximate surface area is 133 Å². The first-order chi connectivity index (χ1) is 10.9. The summed E-state index contributed by atoms with van der Waals surface area (Å²) in [4.78, 5) is 23.0. The molecule has 0 heterocycles. The predicted molar refractivity (Wildman–Crippen MR) is 82.9 cm³/mol. The molecule has 23 heavy (non-hydrogen) atoms. The number of rotatable bonds is 5. The Kier molecular flexibility index (Phi) is 4.85. The van der Waals surface area contributed by atoms with Crippen LogP contribution in [0, 0.1) is 13.8 Å². The molecule has 0 aromatic heterocycles. The van der Waals surface area contributed by atoms with Crippen molar-refractivity contribution in [3.63, 3.8) is 0 Å². The maximum atomic E-state index is 11.9. The second-order valence-corrected chi connectivity index (χ2v) is 5.12. The topological polar surface area (TPSA) is 98.7 Å². The molecule has 0 aliphatic carbocycles. The predicted octanol–water partition coefficient (Wildman–Crippen LogP) is 2.09. The molecule has 0 bridgehead atoms. The van der Waals surface area contributed by atoms with Crippen LogP contribution in [0.3, 0.4) is 0 Å². The number of anilines is 1. The summed E-state index contributed by atoms with van der Waals surface area (Å²) in [5, 5.41) is 22.7. The molecule has 0 saturated carbocycles. The standard InChI is InChI=1S/C17H17NO5/c1-10-3-6-15(11(2)7-10)23-9-16(20)18-14-5-4-12(19)8-13(14)17(21)22/h3-8,19H,9H2,1-2H3,(H,18,20)(H,21,22)/p-1. The van der Waals surface area contributed by atoms with Crippen molar-refractivity contribution >= 4 is 17.6 Å². The van der Waals surface area contributed by atoms with Crippen molar-refractivity contribution in [2.45, 2.75) is 13.8 Å². The highest BCUT2D eigenvalue weighted by Gasteiger charge is 2.12. The Morgan fingerprint density at radius 1 is 1.17 bits per heavy atom. The number of carbonyl (C=O) groups excluding carboxylic acids is 1. The van der Waals surface area contributed by atoms with Crippen molar-refractivity contribution in [1.29, 1.82) is 0 Å². The lowest BCUT2D eigenvalue weighted by Gasteiger charge is -2.13. The fraction of sp³-hybridized carbons (Fsp3) is 0.176. The largest absolute Gasteiger partial charge is 0.872 e. The number of amides is 1. The van der Waals surface area contributed by atoms with Crippen LogP contribution in [0.1, 0.15) is 21.5 Å². The highest BCUT2D eigenvalue weighted by atomic mass is 16.5. The van der Waals surface area contributed by atoms with Gasteiger partial charge in [0.25, 0.3) is 5.91 Å². The van der Waals surface area contributed by atoms with Crippen LogP contribution in [-0.2, 0) is 4.79 Å². The lowest BCUT2D eigenvalue weighted by Crippen LogP contribution is -2.22. The Morgan fingerprint density at radius 2 is 1.91 bits per heavy atom. The van der Waals surface area contributed by atoms with Crippen LogP contribution in [0.4, 0.5) is 5.69 Å². The van der Waals surface area contributed by atoms with E-state index in [1.807, 2.05) is 26.0 Å². The summed E-state index contributed by atoms with van der Waals surface area (Å²) in [6.07, 6.45) is 0. The van der Waals surface area contributed by atoms with Crippen molar-refractivity contribution < 1.29 is 24.5 Å². The van der Waals surface area contributed by atoms with E-state index < -0.39 is 17.6 Å². The molecule has 0 radical (unpaired) electrons. The molecule has 0 aliphatic rings. The third kappa shape index (κ3) is 4.23. The van der Waals surface area contributed by atoms with E-state index in [-0.39, 0.29) is 17.9 Å². The normalized spacial score (nSPS) is 10.2. The quantitative estimate of drug-likeness (QED) is 0.880. The molecule has 2 N–H and O–H groups in total. The average molecular weight is 314 g/mol. The monoisotopic (exact) mass is 314 g/mol. The molecule has 0 unspecified atom stereocenters. The summed E-state index contributed by atoms with van der Waals surface area (Å²) in [5.41, 5.74) is 1.80. The minimum atomic E-state index is -1.28. The number of hydrogen-bond donors (Lipinski definition) is 2. The molecule has 2 aromatic rings. The summed E-state index contributed by atoms with van der Waals surface area (Å²) in [6.45, 7) is 3.56. The number of nitrogens with one attached hydrogen (secondary N) is 1. The summed E-state index contributed by atoms with van der Waals surface area (Å²) < 4.78 is 5.43. The number of benzene rings is 2. The fourth-order valence-corrected chi connectivity index (χ4v) is 2.10. The number of hydrogen-bond acceptors (Lipinski definition) is 4. The smallest absolute Gasteiger partial charge is 0.337 e. The maximum absolute atomic E-state index is 11.9. The Bertz CT molecular complexity index is 755. The van der Waals surface area contributed by atoms with Crippen LogP contribution in [0.2, 0.25) is 0 Å². The van der Waals surface area contributed by atoms with E-state index in [0.717, 1.165) is 17.2 Å². The molecule has 0 fully saturated rings. The summed E-state index contributed by atoms with van der Waals surface area (Å²) in [7, 11) is 0. The lowest BCUT2D eigenvalue weighted by atomic mass is 10.1. The minimum Gasteiger partial charge on any atom is -0.872 e. The van der Waals surface area contributed by atoms with Gasteiger partial charge in [0.15, 0.2) is 6.61 Å². The first-order valence-corrected chi connectivity index (χ1v) is 6.91. The van der Waals surface area contributed by atoms with Gasteiger partial charge in [-0.1, -0.05) is 29.8 Å². The fourth-order valence-electron chi connectivity index (χ4n) is 2.10. The van der Waals surface area contributed by atoms with Gasteiger partial charge in [-0.3, -0.25) is 4.79 Å². The lowest BCUT2D eigenvalue weighted by molar-refractivity contribution is -0.268. The third-order valence-corrected chi connectivity index (χ3v) is 3.18. The molecule has 1 amide bonds. The van der Waals surface area contributed by atoms with E-state index in [9.17, 15) is 14.7 Å². The van der Waals surface area contributed by atoms with Crippen LogP contribution in [0.15, 0.2) is 36.4 Å². The number of ether oxygens (including phenoxy) is 1. The van der Waals surface area contributed by atoms with Crippen LogP contribution in [0.25, 0.3) is 0 Å². The van der Waals surface area contributed by atoms with E-state index in [2.05, 4.69) is 5.32 Å². The van der Waals surface area contributed by atoms with E-state index in [1.165, 1.54) is 12.1 Å². The zero-order chi connectivity index (χ0) is 17.0. The Balaban J connectivity index is 2.04. The van der Waals surface area contributed by atoms with Gasteiger partial charge in [-0.2, -0.15) is 0 Å². The molecule has 6 heteroatoms. The van der Waals surface area contributed by atoms with Crippen molar-refractivity contribution in [3.8, 4) is 11.5 Å². The van der Waals surface area contributed by atoms with Gasteiger partial charge >= 0.3 is 5.97 Å². The van der Waals surface area contributed by atoms with Crippen molar-refractivity contribution in [1.82, 2.24) is 0 Å². The molecule has 6 nitrogen and oxygen atoms in total. The molecule has 2 rings (SSSR count). The van der Waals surface area contributed by atoms with E-state index in [4.69, 9.17) is 9.84 Å². The average Bonchev–Trinajstić information content (AvgIpc) is 2.48. The SMILES string of the molecule is Cc1ccc(OCC(=O)Nc2ccc([O-])cc2C(=O)O)c(C)c1. The molecular formula is C17H16NO5-. The van der Waals surface area contributed by atoms with Gasteiger partial charge in [0.05, 0.1) is 11.3 Å². The zero-order valence-corrected chi connectivity index (χ0v) is 12.8. The van der Waals surface area contributed by atoms with E-state index in [0.29, 0.717) is 5.75 Å². The number of carboxylic acid groups (broad SMARTS) is 1. The van der Waals surface area contributed by atoms with Crippen LogP contribution in [-0.4, -0.2) is 23.6 Å². The Hall–Kier alpha value is -3.02. The second kappa shape index (κ2) is 6.83. The molecular weight excluding hydrogens is 298 g/mol. The van der Waals surface area contributed by atoms with Gasteiger partial charge in [-0.25, -0.2) is 4.79 Å². The molecule has 0 aliphatic heterocycles. The van der Waals surface area contributed by atoms with Crippen molar-refractivity contribution in [3.05, 3.63) is 53.1 Å². The van der Waals surface area contributed by atoms with Gasteiger partial charge in [0.1, 0.15) is 5.75 Å². The number of aromatic carboxylic acids is 1. The van der Waals surface area contributed by atoms with Crippen LogP contribution >= 0.6 is 0 Å². The van der Waals surface area contributed by atoms with Gasteiger partial charge in [-0.15, -0.1) is 5.75 Å². The Morgan fingerprint density at radius 3 is 2.57 bits per heavy atom. The first kappa shape index (κ1) is 16.4. The summed E-state index contributed by atoms with van der Waals surface area (Å²) >= 11 is 0. The molecule has 0 atom stereocenters. The van der Waals surface area contributed by atoms with Crippen LogP contribution in [0.5, 0.6) is 11.5 Å². The second-order valence-electron chi connectivity index (χ2n) is 5.12. The molecule has 120 valence electrons. The zero-order valence-electron chi connectivity index (χ0n) is 12.8. The molecule has 2 aromatic carbocycles. The number of carboxylic acids is 1. The van der Waals surface area contributed by atoms with E-state index >= 15 is 0 Å². The number of carbonyl (C=O) groups is 2. The first-order valence-electron chi connectivity index (χ1n) is 6.91. The maximum Gasteiger partial charge on any atom is 0.337 e. The van der Waals surface area contributed by atoms with Crippen molar-refractivity contribution in [2.24, 2.45) is 0 Å². The van der Waals surface area contributed by atoms with Gasteiger partial charge < -0.3 is 20.3 Å². The number of aryl methyl sites for hydroxylation is 2. The van der Waals surface area contributed by atoms with E-state index in [1.54, 1.807) is 6.07 Å². The van der Waals surface area contributed by atoms with Crippen LogP contribution < -0.4 is 15.2 Å². The molecule has 0 spiro atoms.